The first-order valence-corrected chi connectivity index (χ1v) is 13.1. The van der Waals surface area contributed by atoms with Gasteiger partial charge in [-0.1, -0.05) is 71.7 Å². The summed E-state index contributed by atoms with van der Waals surface area (Å²) in [4.78, 5) is 21.2. The van der Waals surface area contributed by atoms with Crippen LogP contribution in [-0.4, -0.2) is 39.8 Å². The lowest BCUT2D eigenvalue weighted by Crippen LogP contribution is -2.43. The molecule has 0 spiro atoms. The van der Waals surface area contributed by atoms with Gasteiger partial charge in [-0.15, -0.1) is 0 Å². The minimum absolute atomic E-state index is 0.100. The SMILES string of the molecule is Cc1ccccc1CN(CC(=O)N(CCc1c[nH]c2ccccc12)Cc1ccc(Cl)c(Cl)c1)C(C)C. The van der Waals surface area contributed by atoms with Crippen molar-refractivity contribution >= 4 is 40.0 Å². The van der Waals surface area contributed by atoms with Gasteiger partial charge in [-0.2, -0.15) is 0 Å². The summed E-state index contributed by atoms with van der Waals surface area (Å²) >= 11 is 12.4. The van der Waals surface area contributed by atoms with Crippen molar-refractivity contribution in [3.05, 3.63) is 105 Å². The second-order valence-corrected chi connectivity index (χ2v) is 10.4. The van der Waals surface area contributed by atoms with Crippen LogP contribution in [0, 0.1) is 6.92 Å². The van der Waals surface area contributed by atoms with Gasteiger partial charge in [0, 0.05) is 42.8 Å². The van der Waals surface area contributed by atoms with E-state index in [0.717, 1.165) is 24.0 Å². The molecule has 0 atom stereocenters. The number of carbonyl (C=O) groups excluding carboxylic acids is 1. The summed E-state index contributed by atoms with van der Waals surface area (Å²) < 4.78 is 0. The molecule has 1 heterocycles. The van der Waals surface area contributed by atoms with Crippen LogP contribution in [0.4, 0.5) is 0 Å². The van der Waals surface area contributed by atoms with Crippen molar-refractivity contribution in [3.63, 3.8) is 0 Å². The number of carbonyl (C=O) groups is 1. The van der Waals surface area contributed by atoms with Crippen molar-refractivity contribution in [3.8, 4) is 0 Å². The number of hydrogen-bond donors (Lipinski definition) is 1. The van der Waals surface area contributed by atoms with Gasteiger partial charge >= 0.3 is 0 Å². The van der Waals surface area contributed by atoms with E-state index in [4.69, 9.17) is 23.2 Å². The van der Waals surface area contributed by atoms with Crippen LogP contribution in [0.3, 0.4) is 0 Å². The lowest BCUT2D eigenvalue weighted by molar-refractivity contribution is -0.133. The average Bonchev–Trinajstić information content (AvgIpc) is 3.27. The number of aromatic amines is 1. The van der Waals surface area contributed by atoms with Crippen molar-refractivity contribution in [2.45, 2.75) is 46.3 Å². The van der Waals surface area contributed by atoms with Crippen molar-refractivity contribution in [2.24, 2.45) is 0 Å². The molecule has 0 aliphatic carbocycles. The number of halogens is 2. The predicted octanol–water partition coefficient (Wildman–Crippen LogP) is 7.27. The molecule has 0 radical (unpaired) electrons. The molecule has 4 nitrogen and oxygen atoms in total. The highest BCUT2D eigenvalue weighted by molar-refractivity contribution is 6.42. The van der Waals surface area contributed by atoms with Gasteiger partial charge in [0.2, 0.25) is 5.91 Å². The molecule has 0 fully saturated rings. The molecule has 1 N–H and O–H groups in total. The van der Waals surface area contributed by atoms with Crippen LogP contribution in [-0.2, 0) is 24.3 Å². The van der Waals surface area contributed by atoms with Gasteiger partial charge in [0.05, 0.1) is 16.6 Å². The Bertz CT molecular complexity index is 1330. The van der Waals surface area contributed by atoms with Crippen LogP contribution in [0.25, 0.3) is 10.9 Å². The first kappa shape index (κ1) is 26.3. The summed E-state index contributed by atoms with van der Waals surface area (Å²) in [6.45, 7) is 8.57. The van der Waals surface area contributed by atoms with E-state index in [1.165, 1.54) is 22.1 Å². The highest BCUT2D eigenvalue weighted by Crippen LogP contribution is 2.24. The maximum absolute atomic E-state index is 13.7. The summed E-state index contributed by atoms with van der Waals surface area (Å²) in [5, 5.41) is 2.21. The topological polar surface area (TPSA) is 39.3 Å². The molecule has 0 aliphatic rings. The molecular weight excluding hydrogens is 489 g/mol. The summed E-state index contributed by atoms with van der Waals surface area (Å²) in [6.07, 6.45) is 2.81. The Morgan fingerprint density at radius 3 is 2.42 bits per heavy atom. The van der Waals surface area contributed by atoms with Crippen molar-refractivity contribution in [1.29, 1.82) is 0 Å². The molecule has 1 aromatic heterocycles. The quantitative estimate of drug-likeness (QED) is 0.238. The third kappa shape index (κ3) is 6.50. The first-order valence-electron chi connectivity index (χ1n) is 12.4. The summed E-state index contributed by atoms with van der Waals surface area (Å²) in [6, 6.07) is 22.4. The van der Waals surface area contributed by atoms with Crippen LogP contribution < -0.4 is 0 Å². The van der Waals surface area contributed by atoms with E-state index in [1.807, 2.05) is 41.4 Å². The van der Waals surface area contributed by atoms with E-state index in [-0.39, 0.29) is 11.9 Å². The van der Waals surface area contributed by atoms with Crippen LogP contribution >= 0.6 is 23.2 Å². The Kier molecular flexibility index (Phi) is 8.73. The molecule has 36 heavy (non-hydrogen) atoms. The monoisotopic (exact) mass is 521 g/mol. The number of aryl methyl sites for hydroxylation is 1. The Labute approximate surface area is 223 Å². The van der Waals surface area contributed by atoms with E-state index >= 15 is 0 Å². The number of fused-ring (bicyclic) bond motifs is 1. The number of aromatic nitrogens is 1. The zero-order chi connectivity index (χ0) is 25.7. The van der Waals surface area contributed by atoms with E-state index in [0.29, 0.717) is 29.7 Å². The van der Waals surface area contributed by atoms with Crippen molar-refractivity contribution in [1.82, 2.24) is 14.8 Å². The van der Waals surface area contributed by atoms with E-state index in [1.54, 1.807) is 6.07 Å². The molecule has 4 rings (SSSR count). The van der Waals surface area contributed by atoms with Crippen molar-refractivity contribution < 1.29 is 4.79 Å². The number of amides is 1. The summed E-state index contributed by atoms with van der Waals surface area (Å²) in [5.74, 6) is 0.100. The van der Waals surface area contributed by atoms with E-state index in [9.17, 15) is 4.79 Å². The van der Waals surface area contributed by atoms with Gasteiger partial charge in [-0.25, -0.2) is 0 Å². The standard InChI is InChI=1S/C30H33Cl2N3O/c1-21(2)35(19-25-9-5-4-8-22(25)3)20-30(36)34(18-23-12-13-27(31)28(32)16-23)15-14-24-17-33-29-11-7-6-10-26(24)29/h4-13,16-17,21,33H,14-15,18-20H2,1-3H3. The minimum atomic E-state index is 0.100. The van der Waals surface area contributed by atoms with Crippen LogP contribution in [0.15, 0.2) is 72.9 Å². The Hall–Kier alpha value is -2.79. The fraction of sp³-hybridized carbons (Fsp3) is 0.300. The van der Waals surface area contributed by atoms with Gasteiger partial charge < -0.3 is 9.88 Å². The van der Waals surface area contributed by atoms with Gasteiger partial charge in [-0.3, -0.25) is 9.69 Å². The van der Waals surface area contributed by atoms with Crippen LogP contribution in [0.1, 0.15) is 36.1 Å². The lowest BCUT2D eigenvalue weighted by Gasteiger charge is -2.30. The zero-order valence-corrected chi connectivity index (χ0v) is 22.6. The Balaban J connectivity index is 1.54. The number of hydrogen-bond acceptors (Lipinski definition) is 2. The van der Waals surface area contributed by atoms with E-state index in [2.05, 4.69) is 61.0 Å². The molecule has 3 aromatic carbocycles. The highest BCUT2D eigenvalue weighted by Gasteiger charge is 2.21. The maximum atomic E-state index is 13.7. The Morgan fingerprint density at radius 2 is 1.67 bits per heavy atom. The van der Waals surface area contributed by atoms with Crippen LogP contribution in [0.2, 0.25) is 10.0 Å². The second-order valence-electron chi connectivity index (χ2n) is 9.60. The largest absolute Gasteiger partial charge is 0.361 e. The fourth-order valence-electron chi connectivity index (χ4n) is 4.45. The predicted molar refractivity (Wildman–Crippen MR) is 151 cm³/mol. The molecule has 0 aliphatic heterocycles. The van der Waals surface area contributed by atoms with Gasteiger partial charge in [0.15, 0.2) is 0 Å². The zero-order valence-electron chi connectivity index (χ0n) is 21.1. The molecule has 0 saturated heterocycles. The molecule has 188 valence electrons. The number of nitrogens with one attached hydrogen (secondary N) is 1. The third-order valence-electron chi connectivity index (χ3n) is 6.74. The van der Waals surface area contributed by atoms with Gasteiger partial charge in [0.25, 0.3) is 0 Å². The molecule has 4 aromatic rings. The second kappa shape index (κ2) is 12.0. The number of H-pyrrole nitrogens is 1. The molecule has 1 amide bonds. The summed E-state index contributed by atoms with van der Waals surface area (Å²) in [5.41, 5.74) is 5.76. The normalized spacial score (nSPS) is 11.5. The number of nitrogens with zero attached hydrogens (tertiary/aromatic N) is 2. The number of benzene rings is 3. The third-order valence-corrected chi connectivity index (χ3v) is 7.48. The summed E-state index contributed by atoms with van der Waals surface area (Å²) in [7, 11) is 0. The number of rotatable bonds is 10. The molecule has 0 unspecified atom stereocenters. The maximum Gasteiger partial charge on any atom is 0.237 e. The Morgan fingerprint density at radius 1 is 0.917 bits per heavy atom. The fourth-order valence-corrected chi connectivity index (χ4v) is 4.77. The number of para-hydroxylation sites is 1. The van der Waals surface area contributed by atoms with E-state index < -0.39 is 0 Å². The molecule has 0 saturated carbocycles. The first-order chi connectivity index (χ1) is 17.3. The lowest BCUT2D eigenvalue weighted by atomic mass is 10.1. The molecule has 6 heteroatoms. The smallest absolute Gasteiger partial charge is 0.237 e. The molecular formula is C30H33Cl2N3O. The minimum Gasteiger partial charge on any atom is -0.361 e. The molecule has 0 bridgehead atoms. The van der Waals surface area contributed by atoms with Crippen LogP contribution in [0.5, 0.6) is 0 Å². The van der Waals surface area contributed by atoms with Gasteiger partial charge in [0.1, 0.15) is 0 Å². The highest BCUT2D eigenvalue weighted by atomic mass is 35.5. The average molecular weight is 523 g/mol. The van der Waals surface area contributed by atoms with Gasteiger partial charge in [-0.05, 0) is 67.6 Å². The van der Waals surface area contributed by atoms with Crippen molar-refractivity contribution in [2.75, 3.05) is 13.1 Å².